The number of amides is 2. The van der Waals surface area contributed by atoms with Crippen molar-refractivity contribution in [1.82, 2.24) is 15.4 Å². The van der Waals surface area contributed by atoms with Crippen molar-refractivity contribution in [3.8, 4) is 0 Å². The molecular formula is C15H13N5O. The second-order valence-electron chi connectivity index (χ2n) is 4.32. The van der Waals surface area contributed by atoms with Gasteiger partial charge in [-0.25, -0.2) is 15.2 Å². The smallest absolute Gasteiger partial charge is 0.306 e. The number of urea groups is 1. The van der Waals surface area contributed by atoms with Gasteiger partial charge in [-0.3, -0.25) is 10.4 Å². The molecule has 0 bridgehead atoms. The van der Waals surface area contributed by atoms with Gasteiger partial charge in [0.2, 0.25) is 0 Å². The van der Waals surface area contributed by atoms with E-state index in [0.29, 0.717) is 5.82 Å². The zero-order valence-electron chi connectivity index (χ0n) is 11.1. The first-order valence-corrected chi connectivity index (χ1v) is 6.40. The number of rotatable bonds is 3. The molecule has 21 heavy (non-hydrogen) atoms. The van der Waals surface area contributed by atoms with Crippen LogP contribution in [0.1, 0.15) is 0 Å². The lowest BCUT2D eigenvalue weighted by molar-refractivity contribution is 0.254. The summed E-state index contributed by atoms with van der Waals surface area (Å²) >= 11 is 0. The van der Waals surface area contributed by atoms with Crippen molar-refractivity contribution in [2.45, 2.75) is 0 Å². The van der Waals surface area contributed by atoms with Crippen LogP contribution >= 0.6 is 0 Å². The Morgan fingerprint density at radius 3 is 2.71 bits per heavy atom. The number of nitrogens with zero attached hydrogens (tertiary/aromatic N) is 2. The van der Waals surface area contributed by atoms with E-state index in [1.165, 1.54) is 12.4 Å². The average Bonchev–Trinajstić information content (AvgIpc) is 2.54. The lowest BCUT2D eigenvalue weighted by Gasteiger charge is -2.10. The molecule has 0 atom stereocenters. The van der Waals surface area contributed by atoms with E-state index in [1.54, 1.807) is 6.20 Å². The fraction of sp³-hybridized carbons (Fsp3) is 0. The summed E-state index contributed by atoms with van der Waals surface area (Å²) in [5.41, 5.74) is 5.93. The normalized spacial score (nSPS) is 10.1. The predicted molar refractivity (Wildman–Crippen MR) is 81.8 cm³/mol. The van der Waals surface area contributed by atoms with Crippen LogP contribution in [0.3, 0.4) is 0 Å². The summed E-state index contributed by atoms with van der Waals surface area (Å²) in [6, 6.07) is 13.2. The molecule has 0 radical (unpaired) electrons. The maximum absolute atomic E-state index is 11.9. The van der Waals surface area contributed by atoms with E-state index in [4.69, 9.17) is 0 Å². The van der Waals surface area contributed by atoms with Gasteiger partial charge in [0.05, 0.1) is 11.9 Å². The molecule has 6 heteroatoms. The van der Waals surface area contributed by atoms with Gasteiger partial charge in [-0.15, -0.1) is 0 Å². The van der Waals surface area contributed by atoms with Gasteiger partial charge in [0.1, 0.15) is 0 Å². The Morgan fingerprint density at radius 1 is 1.00 bits per heavy atom. The molecule has 3 aromatic rings. The number of benzene rings is 2. The lowest BCUT2D eigenvalue weighted by Crippen LogP contribution is -2.33. The molecule has 0 saturated heterocycles. The number of carbonyl (C=O) groups excluding carboxylic acids is 1. The predicted octanol–water partition coefficient (Wildman–Crippen LogP) is 2.78. The van der Waals surface area contributed by atoms with Crippen LogP contribution in [0.5, 0.6) is 0 Å². The first-order chi connectivity index (χ1) is 10.3. The molecule has 6 nitrogen and oxygen atoms in total. The minimum absolute atomic E-state index is 0.378. The van der Waals surface area contributed by atoms with Gasteiger partial charge in [0.15, 0.2) is 5.82 Å². The van der Waals surface area contributed by atoms with Crippen LogP contribution < -0.4 is 16.2 Å². The molecule has 3 rings (SSSR count). The van der Waals surface area contributed by atoms with Crippen LogP contribution in [0, 0.1) is 0 Å². The molecule has 0 aliphatic rings. The van der Waals surface area contributed by atoms with E-state index in [9.17, 15) is 4.79 Å². The number of nitrogens with one attached hydrogen (secondary N) is 3. The number of hydrazine groups is 1. The van der Waals surface area contributed by atoms with E-state index in [1.807, 2.05) is 42.5 Å². The fourth-order valence-electron chi connectivity index (χ4n) is 1.97. The van der Waals surface area contributed by atoms with Crippen molar-refractivity contribution in [3.05, 3.63) is 61.1 Å². The van der Waals surface area contributed by atoms with E-state index >= 15 is 0 Å². The number of hydrogen-bond acceptors (Lipinski definition) is 4. The monoisotopic (exact) mass is 279 g/mol. The Kier molecular flexibility index (Phi) is 3.60. The summed E-state index contributed by atoms with van der Waals surface area (Å²) in [5.74, 6) is 0.463. The maximum atomic E-state index is 11.9. The molecule has 0 fully saturated rings. The van der Waals surface area contributed by atoms with Gasteiger partial charge >= 0.3 is 6.03 Å². The summed E-state index contributed by atoms with van der Waals surface area (Å²) in [6.07, 6.45) is 4.60. The van der Waals surface area contributed by atoms with Gasteiger partial charge in [-0.2, -0.15) is 0 Å². The standard InChI is InChI=1S/C15H13N5O/c21-15(20-19-14-10-16-8-9-17-14)18-13-7-3-5-11-4-1-2-6-12(11)13/h1-10H,(H,17,19)(H2,18,20,21). The van der Waals surface area contributed by atoms with Gasteiger partial charge in [-0.05, 0) is 11.5 Å². The zero-order chi connectivity index (χ0) is 14.5. The van der Waals surface area contributed by atoms with Crippen LogP contribution in [0.4, 0.5) is 16.3 Å². The number of anilines is 2. The molecule has 0 saturated carbocycles. The van der Waals surface area contributed by atoms with Crippen molar-refractivity contribution in [2.24, 2.45) is 0 Å². The van der Waals surface area contributed by atoms with E-state index in [0.717, 1.165) is 16.5 Å². The third-order valence-corrected chi connectivity index (χ3v) is 2.91. The van der Waals surface area contributed by atoms with Crippen LogP contribution in [0.2, 0.25) is 0 Å². The number of aromatic nitrogens is 2. The third-order valence-electron chi connectivity index (χ3n) is 2.91. The highest BCUT2D eigenvalue weighted by Crippen LogP contribution is 2.22. The maximum Gasteiger partial charge on any atom is 0.337 e. The molecule has 3 N–H and O–H groups in total. The van der Waals surface area contributed by atoms with Gasteiger partial charge in [0, 0.05) is 17.8 Å². The minimum atomic E-state index is -0.378. The van der Waals surface area contributed by atoms with E-state index in [2.05, 4.69) is 26.1 Å². The molecule has 104 valence electrons. The fourth-order valence-corrected chi connectivity index (χ4v) is 1.97. The summed E-state index contributed by atoms with van der Waals surface area (Å²) in [4.78, 5) is 19.8. The number of hydrogen-bond donors (Lipinski definition) is 3. The number of carbonyl (C=O) groups is 1. The Labute approximate surface area is 121 Å². The second-order valence-corrected chi connectivity index (χ2v) is 4.32. The number of fused-ring (bicyclic) bond motifs is 1. The molecule has 2 aromatic carbocycles. The molecule has 1 heterocycles. The first-order valence-electron chi connectivity index (χ1n) is 6.40. The van der Waals surface area contributed by atoms with Gasteiger partial charge in [-0.1, -0.05) is 36.4 Å². The highest BCUT2D eigenvalue weighted by Gasteiger charge is 2.04. The zero-order valence-corrected chi connectivity index (χ0v) is 11.1. The quantitative estimate of drug-likeness (QED) is 0.644. The molecule has 0 aliphatic heterocycles. The van der Waals surface area contributed by atoms with Crippen LogP contribution in [0.15, 0.2) is 61.1 Å². The molecule has 0 unspecified atom stereocenters. The second kappa shape index (κ2) is 5.87. The van der Waals surface area contributed by atoms with Gasteiger partial charge < -0.3 is 5.32 Å². The topological polar surface area (TPSA) is 78.9 Å². The minimum Gasteiger partial charge on any atom is -0.306 e. The van der Waals surface area contributed by atoms with Crippen molar-refractivity contribution < 1.29 is 4.79 Å². The van der Waals surface area contributed by atoms with E-state index < -0.39 is 0 Å². The SMILES string of the molecule is O=C(NNc1cnccn1)Nc1cccc2ccccc12. The van der Waals surface area contributed by atoms with Crippen molar-refractivity contribution >= 4 is 28.3 Å². The van der Waals surface area contributed by atoms with Crippen LogP contribution in [-0.4, -0.2) is 16.0 Å². The average molecular weight is 279 g/mol. The Balaban J connectivity index is 1.69. The highest BCUT2D eigenvalue weighted by molar-refractivity contribution is 6.01. The van der Waals surface area contributed by atoms with Crippen LogP contribution in [0.25, 0.3) is 10.8 Å². The molecule has 2 amide bonds. The Morgan fingerprint density at radius 2 is 1.86 bits per heavy atom. The van der Waals surface area contributed by atoms with Gasteiger partial charge in [0.25, 0.3) is 0 Å². The summed E-state index contributed by atoms with van der Waals surface area (Å²) in [5, 5.41) is 4.84. The highest BCUT2D eigenvalue weighted by atomic mass is 16.2. The van der Waals surface area contributed by atoms with Crippen molar-refractivity contribution in [3.63, 3.8) is 0 Å². The van der Waals surface area contributed by atoms with Crippen molar-refractivity contribution in [1.29, 1.82) is 0 Å². The summed E-state index contributed by atoms with van der Waals surface area (Å²) < 4.78 is 0. The molecular weight excluding hydrogens is 266 g/mol. The Hall–Kier alpha value is -3.15. The summed E-state index contributed by atoms with van der Waals surface area (Å²) in [7, 11) is 0. The largest absolute Gasteiger partial charge is 0.337 e. The molecule has 0 spiro atoms. The third kappa shape index (κ3) is 3.06. The van der Waals surface area contributed by atoms with E-state index in [-0.39, 0.29) is 6.03 Å². The lowest BCUT2D eigenvalue weighted by atomic mass is 10.1. The molecule has 1 aromatic heterocycles. The molecule has 0 aliphatic carbocycles. The Bertz CT molecular complexity index is 755. The van der Waals surface area contributed by atoms with Crippen molar-refractivity contribution in [2.75, 3.05) is 10.7 Å². The van der Waals surface area contributed by atoms with Crippen LogP contribution in [-0.2, 0) is 0 Å². The summed E-state index contributed by atoms with van der Waals surface area (Å²) in [6.45, 7) is 0. The first kappa shape index (κ1) is 12.9.